The van der Waals surface area contributed by atoms with Crippen molar-refractivity contribution in [2.75, 3.05) is 25.1 Å². The molecule has 0 aliphatic carbocycles. The number of aliphatic hydroxyl groups excluding tert-OH is 1. The van der Waals surface area contributed by atoms with Crippen molar-refractivity contribution < 1.29 is 15.3 Å². The molecule has 0 heterocycles. The van der Waals surface area contributed by atoms with Gasteiger partial charge in [-0.05, 0) is 18.6 Å². The van der Waals surface area contributed by atoms with Crippen LogP contribution in [0.4, 0.5) is 5.69 Å². The van der Waals surface area contributed by atoms with Crippen LogP contribution < -0.4 is 4.90 Å². The van der Waals surface area contributed by atoms with Gasteiger partial charge in [-0.25, -0.2) is 0 Å². The number of anilines is 1. The number of aromatic hydroxyl groups is 2. The van der Waals surface area contributed by atoms with E-state index in [4.69, 9.17) is 10.2 Å². The monoisotopic (exact) mass is 197 g/mol. The summed E-state index contributed by atoms with van der Waals surface area (Å²) in [4.78, 5) is 1.90. The van der Waals surface area contributed by atoms with Gasteiger partial charge in [0.25, 0.3) is 0 Å². The van der Waals surface area contributed by atoms with Crippen molar-refractivity contribution in [2.24, 2.45) is 0 Å². The summed E-state index contributed by atoms with van der Waals surface area (Å²) in [5, 5.41) is 27.0. The van der Waals surface area contributed by atoms with Gasteiger partial charge < -0.3 is 20.2 Å². The summed E-state index contributed by atoms with van der Waals surface area (Å²) in [6, 6.07) is 4.65. The fourth-order valence-corrected chi connectivity index (χ4v) is 1.19. The van der Waals surface area contributed by atoms with Gasteiger partial charge in [-0.2, -0.15) is 0 Å². The molecule has 0 saturated carbocycles. The molecule has 0 atom stereocenters. The lowest BCUT2D eigenvalue weighted by molar-refractivity contribution is 0.290. The number of aliphatic hydroxyl groups is 1. The van der Waals surface area contributed by atoms with Gasteiger partial charge in [0.2, 0.25) is 0 Å². The Morgan fingerprint density at radius 2 is 1.93 bits per heavy atom. The molecule has 0 unspecified atom stereocenters. The van der Waals surface area contributed by atoms with Crippen LogP contribution in [0.25, 0.3) is 0 Å². The Hall–Kier alpha value is -1.42. The third-order valence-corrected chi connectivity index (χ3v) is 2.05. The quantitative estimate of drug-likeness (QED) is 0.628. The molecular formula is C10H15NO3. The third kappa shape index (κ3) is 2.53. The van der Waals surface area contributed by atoms with Crippen LogP contribution in [-0.2, 0) is 0 Å². The minimum absolute atomic E-state index is 0.121. The summed E-state index contributed by atoms with van der Waals surface area (Å²) in [5.74, 6) is -0.248. The Balaban J connectivity index is 2.70. The Morgan fingerprint density at radius 1 is 1.21 bits per heavy atom. The number of hydrogen-bond donors (Lipinski definition) is 3. The lowest BCUT2D eigenvalue weighted by atomic mass is 10.2. The van der Waals surface area contributed by atoms with Gasteiger partial charge in [0.15, 0.2) is 11.5 Å². The normalized spacial score (nSPS) is 10.1. The van der Waals surface area contributed by atoms with E-state index in [0.717, 1.165) is 5.69 Å². The van der Waals surface area contributed by atoms with E-state index in [9.17, 15) is 5.11 Å². The number of nitrogens with zero attached hydrogens (tertiary/aromatic N) is 1. The minimum Gasteiger partial charge on any atom is -0.504 e. The minimum atomic E-state index is -0.127. The van der Waals surface area contributed by atoms with Gasteiger partial charge in [-0.15, -0.1) is 0 Å². The first kappa shape index (κ1) is 10.7. The molecule has 0 aliphatic heterocycles. The van der Waals surface area contributed by atoms with Crippen molar-refractivity contribution in [1.29, 1.82) is 0 Å². The van der Waals surface area contributed by atoms with Crippen LogP contribution in [0.2, 0.25) is 0 Å². The first-order valence-electron chi connectivity index (χ1n) is 4.49. The predicted octanol–water partition coefficient (Wildman–Crippen LogP) is 0.916. The van der Waals surface area contributed by atoms with Crippen molar-refractivity contribution >= 4 is 5.69 Å². The first-order valence-corrected chi connectivity index (χ1v) is 4.49. The van der Waals surface area contributed by atoms with Crippen LogP contribution >= 0.6 is 0 Å². The van der Waals surface area contributed by atoms with E-state index in [2.05, 4.69) is 0 Å². The Bertz CT molecular complexity index is 301. The number of phenols is 2. The number of rotatable bonds is 4. The zero-order valence-electron chi connectivity index (χ0n) is 8.14. The zero-order chi connectivity index (χ0) is 10.6. The first-order chi connectivity index (χ1) is 6.65. The molecule has 1 aromatic rings. The highest BCUT2D eigenvalue weighted by Gasteiger charge is 2.04. The summed E-state index contributed by atoms with van der Waals surface area (Å²) in [7, 11) is 1.86. The van der Waals surface area contributed by atoms with Gasteiger partial charge in [-0.1, -0.05) is 0 Å². The SMILES string of the molecule is CN(CCCO)c1ccc(O)c(O)c1. The average molecular weight is 197 g/mol. The maximum atomic E-state index is 9.25. The van der Waals surface area contributed by atoms with E-state index in [1.807, 2.05) is 11.9 Å². The Kier molecular flexibility index (Phi) is 3.59. The average Bonchev–Trinajstić information content (AvgIpc) is 2.18. The molecular weight excluding hydrogens is 182 g/mol. The van der Waals surface area contributed by atoms with Gasteiger partial charge in [0.1, 0.15) is 0 Å². The molecule has 4 nitrogen and oxygen atoms in total. The number of benzene rings is 1. The molecule has 14 heavy (non-hydrogen) atoms. The van der Waals surface area contributed by atoms with Crippen LogP contribution in [0.5, 0.6) is 11.5 Å². The van der Waals surface area contributed by atoms with Crippen molar-refractivity contribution in [3.8, 4) is 11.5 Å². The molecule has 0 fully saturated rings. The molecule has 0 amide bonds. The molecule has 3 N–H and O–H groups in total. The molecule has 78 valence electrons. The molecule has 1 rings (SSSR count). The van der Waals surface area contributed by atoms with E-state index < -0.39 is 0 Å². The maximum Gasteiger partial charge on any atom is 0.159 e. The van der Waals surface area contributed by atoms with Crippen LogP contribution in [0.15, 0.2) is 18.2 Å². The topological polar surface area (TPSA) is 63.9 Å². The second kappa shape index (κ2) is 4.72. The second-order valence-corrected chi connectivity index (χ2v) is 3.17. The van der Waals surface area contributed by atoms with E-state index in [0.29, 0.717) is 13.0 Å². The molecule has 0 aliphatic rings. The molecule has 0 bridgehead atoms. The highest BCUT2D eigenvalue weighted by Crippen LogP contribution is 2.28. The van der Waals surface area contributed by atoms with Gasteiger partial charge >= 0.3 is 0 Å². The van der Waals surface area contributed by atoms with Crippen molar-refractivity contribution in [2.45, 2.75) is 6.42 Å². The van der Waals surface area contributed by atoms with Crippen molar-refractivity contribution in [3.05, 3.63) is 18.2 Å². The van der Waals surface area contributed by atoms with Crippen LogP contribution in [0.3, 0.4) is 0 Å². The number of phenolic OH excluding ortho intramolecular Hbond substituents is 2. The lowest BCUT2D eigenvalue weighted by Crippen LogP contribution is -2.19. The third-order valence-electron chi connectivity index (χ3n) is 2.05. The Morgan fingerprint density at radius 3 is 2.50 bits per heavy atom. The molecule has 0 aromatic heterocycles. The van der Waals surface area contributed by atoms with Gasteiger partial charge in [0, 0.05) is 32.0 Å². The fourth-order valence-electron chi connectivity index (χ4n) is 1.19. The van der Waals surface area contributed by atoms with Crippen LogP contribution in [0, 0.1) is 0 Å². The van der Waals surface area contributed by atoms with Crippen molar-refractivity contribution in [3.63, 3.8) is 0 Å². The molecule has 0 spiro atoms. The van der Waals surface area contributed by atoms with Crippen LogP contribution in [-0.4, -0.2) is 35.5 Å². The zero-order valence-corrected chi connectivity index (χ0v) is 8.14. The molecule has 4 heteroatoms. The summed E-state index contributed by atoms with van der Waals surface area (Å²) < 4.78 is 0. The van der Waals surface area contributed by atoms with E-state index in [-0.39, 0.29) is 18.1 Å². The Labute approximate surface area is 83.0 Å². The highest BCUT2D eigenvalue weighted by molar-refractivity contribution is 5.54. The largest absolute Gasteiger partial charge is 0.504 e. The summed E-state index contributed by atoms with van der Waals surface area (Å²) >= 11 is 0. The smallest absolute Gasteiger partial charge is 0.159 e. The lowest BCUT2D eigenvalue weighted by Gasteiger charge is -2.18. The summed E-state index contributed by atoms with van der Waals surface area (Å²) in [6.07, 6.45) is 0.679. The molecule has 1 aromatic carbocycles. The van der Waals surface area contributed by atoms with E-state index >= 15 is 0 Å². The molecule has 0 saturated heterocycles. The molecule has 0 radical (unpaired) electrons. The number of hydrogen-bond acceptors (Lipinski definition) is 4. The van der Waals surface area contributed by atoms with Crippen LogP contribution in [0.1, 0.15) is 6.42 Å². The summed E-state index contributed by atoms with van der Waals surface area (Å²) in [5.41, 5.74) is 0.814. The van der Waals surface area contributed by atoms with Gasteiger partial charge in [-0.3, -0.25) is 0 Å². The fraction of sp³-hybridized carbons (Fsp3) is 0.400. The highest BCUT2D eigenvalue weighted by atomic mass is 16.3. The maximum absolute atomic E-state index is 9.25. The van der Waals surface area contributed by atoms with E-state index in [1.54, 1.807) is 6.07 Å². The predicted molar refractivity (Wildman–Crippen MR) is 54.7 cm³/mol. The second-order valence-electron chi connectivity index (χ2n) is 3.17. The standard InChI is InChI=1S/C10H15NO3/c1-11(5-2-6-12)8-3-4-9(13)10(14)7-8/h3-4,7,12-14H,2,5-6H2,1H3. The van der Waals surface area contributed by atoms with E-state index in [1.165, 1.54) is 12.1 Å². The van der Waals surface area contributed by atoms with Crippen molar-refractivity contribution in [1.82, 2.24) is 0 Å². The summed E-state index contributed by atoms with van der Waals surface area (Å²) in [6.45, 7) is 0.856. The van der Waals surface area contributed by atoms with Gasteiger partial charge in [0.05, 0.1) is 0 Å².